The van der Waals surface area contributed by atoms with Crippen molar-refractivity contribution in [3.8, 4) is 11.1 Å². The SMILES string of the molecule is O=c1oc(=O)c2cc3oc4cc(C5(c6ccc7oc8cc9c(=O)oc(=O)c9cc8oc7c6)c6ccccc6-c6ccccc65)ccc4oc3cc12. The first-order chi connectivity index (χ1) is 24.9. The Kier molecular flexibility index (Phi) is 5.15. The van der Waals surface area contributed by atoms with Crippen LogP contribution in [0.15, 0.2) is 155 Å². The molecule has 0 radical (unpaired) electrons. The van der Waals surface area contributed by atoms with E-state index in [1.54, 1.807) is 0 Å². The molecule has 0 spiro atoms. The summed E-state index contributed by atoms with van der Waals surface area (Å²) in [6.07, 6.45) is 0. The molecule has 0 aliphatic heterocycles. The highest BCUT2D eigenvalue weighted by Gasteiger charge is 2.46. The van der Waals surface area contributed by atoms with Crippen LogP contribution in [0.25, 0.3) is 77.3 Å². The largest absolute Gasteiger partial charge is 0.449 e. The molecular formula is C41H18O10. The normalized spacial score (nSPS) is 13.6. The zero-order chi connectivity index (χ0) is 34.2. The van der Waals surface area contributed by atoms with Gasteiger partial charge in [-0.3, -0.25) is 0 Å². The fraction of sp³-hybridized carbons (Fsp3) is 0.0244. The summed E-state index contributed by atoms with van der Waals surface area (Å²) in [4.78, 5) is 49.1. The Morgan fingerprint density at radius 3 is 1.06 bits per heavy atom. The predicted molar refractivity (Wildman–Crippen MR) is 187 cm³/mol. The van der Waals surface area contributed by atoms with Crippen molar-refractivity contribution in [3.05, 3.63) is 173 Å². The van der Waals surface area contributed by atoms with E-state index in [9.17, 15) is 19.2 Å². The lowest BCUT2D eigenvalue weighted by atomic mass is 9.67. The summed E-state index contributed by atoms with van der Waals surface area (Å²) >= 11 is 0. The summed E-state index contributed by atoms with van der Waals surface area (Å²) in [7, 11) is 0. The zero-order valence-electron chi connectivity index (χ0n) is 26.0. The van der Waals surface area contributed by atoms with Gasteiger partial charge in [0.15, 0.2) is 44.7 Å². The van der Waals surface area contributed by atoms with E-state index in [1.165, 1.54) is 24.3 Å². The van der Waals surface area contributed by atoms with Crippen LogP contribution in [-0.2, 0) is 5.41 Å². The van der Waals surface area contributed by atoms with Crippen LogP contribution < -0.4 is 22.5 Å². The molecule has 0 fully saturated rings. The molecule has 51 heavy (non-hydrogen) atoms. The fourth-order valence-corrected chi connectivity index (χ4v) is 7.81. The summed E-state index contributed by atoms with van der Waals surface area (Å²) in [5, 5.41) is 0.478. The van der Waals surface area contributed by atoms with E-state index in [2.05, 4.69) is 24.3 Å². The Morgan fingerprint density at radius 2 is 0.667 bits per heavy atom. The second kappa shape index (κ2) is 9.48. The van der Waals surface area contributed by atoms with Gasteiger partial charge >= 0.3 is 22.5 Å². The third kappa shape index (κ3) is 3.59. The minimum Gasteiger partial charge on any atom is -0.449 e. The van der Waals surface area contributed by atoms with Gasteiger partial charge in [0.25, 0.3) is 0 Å². The molecule has 11 rings (SSSR count). The molecule has 0 unspecified atom stereocenters. The van der Waals surface area contributed by atoms with Crippen LogP contribution in [0.5, 0.6) is 0 Å². The van der Waals surface area contributed by atoms with Crippen molar-refractivity contribution in [2.24, 2.45) is 0 Å². The van der Waals surface area contributed by atoms with E-state index in [1.807, 2.05) is 60.7 Å². The van der Waals surface area contributed by atoms with Gasteiger partial charge in [-0.2, -0.15) is 0 Å². The van der Waals surface area contributed by atoms with Gasteiger partial charge in [0, 0.05) is 24.3 Å². The lowest BCUT2D eigenvalue weighted by molar-refractivity contribution is 0.499. The summed E-state index contributed by atoms with van der Waals surface area (Å²) in [6, 6.07) is 33.7. The molecule has 1 aliphatic carbocycles. The third-order valence-corrected chi connectivity index (χ3v) is 10.0. The first-order valence-electron chi connectivity index (χ1n) is 16.0. The third-order valence-electron chi connectivity index (χ3n) is 10.0. The van der Waals surface area contributed by atoms with Crippen molar-refractivity contribution in [1.82, 2.24) is 0 Å². The molecule has 0 amide bonds. The molecule has 10 aromatic rings. The van der Waals surface area contributed by atoms with Crippen LogP contribution in [-0.4, -0.2) is 0 Å². The highest BCUT2D eigenvalue weighted by Crippen LogP contribution is 2.56. The van der Waals surface area contributed by atoms with E-state index in [0.717, 1.165) is 33.4 Å². The predicted octanol–water partition coefficient (Wildman–Crippen LogP) is 7.97. The number of furan rings is 2. The Balaban J connectivity index is 1.21. The molecule has 0 saturated heterocycles. The quantitative estimate of drug-likeness (QED) is 0.166. The van der Waals surface area contributed by atoms with Gasteiger partial charge in [-0.05, 0) is 57.6 Å². The van der Waals surface area contributed by atoms with Gasteiger partial charge in [-0.15, -0.1) is 0 Å². The topological polar surface area (TPSA) is 147 Å². The van der Waals surface area contributed by atoms with Crippen molar-refractivity contribution < 1.29 is 26.5 Å². The molecule has 10 nitrogen and oxygen atoms in total. The van der Waals surface area contributed by atoms with E-state index in [-0.39, 0.29) is 32.7 Å². The monoisotopic (exact) mass is 670 g/mol. The molecule has 4 aromatic heterocycles. The van der Waals surface area contributed by atoms with Gasteiger partial charge in [0.2, 0.25) is 0 Å². The van der Waals surface area contributed by atoms with Crippen molar-refractivity contribution in [3.63, 3.8) is 0 Å². The molecule has 0 bridgehead atoms. The van der Waals surface area contributed by atoms with Crippen LogP contribution in [0.1, 0.15) is 22.3 Å². The number of rotatable bonds is 2. The van der Waals surface area contributed by atoms with Crippen molar-refractivity contribution >= 4 is 66.2 Å². The number of fused-ring (bicyclic) bond motifs is 9. The standard InChI is InChI=1S/C41H18O10/c42-37-23-15-33-35(17-25(23)39(44)50-37)48-31-13-19(9-11-29(31)46-33)41(27-7-3-1-5-21(27)22-6-2-4-8-28(22)41)20-10-12-30-32(14-20)49-36-18-26-24(16-34(36)47-30)38(43)51-40(26)45/h1-18H. The molecule has 6 aromatic carbocycles. The van der Waals surface area contributed by atoms with Crippen LogP contribution in [0.4, 0.5) is 0 Å². The smallest absolute Gasteiger partial charge is 0.347 e. The number of benzene rings is 6. The first kappa shape index (κ1) is 27.7. The summed E-state index contributed by atoms with van der Waals surface area (Å²) in [6.45, 7) is 0. The summed E-state index contributed by atoms with van der Waals surface area (Å²) in [5.41, 5.74) is 4.92. The summed E-state index contributed by atoms with van der Waals surface area (Å²) in [5.74, 6) is 0. The van der Waals surface area contributed by atoms with Gasteiger partial charge in [-0.1, -0.05) is 60.7 Å². The van der Waals surface area contributed by atoms with E-state index in [4.69, 9.17) is 26.5 Å². The molecule has 4 heterocycles. The van der Waals surface area contributed by atoms with Gasteiger partial charge in [0.05, 0.1) is 27.0 Å². The maximum Gasteiger partial charge on any atom is 0.347 e. The average Bonchev–Trinajstić information content (AvgIpc) is 3.72. The van der Waals surface area contributed by atoms with Crippen LogP contribution in [0.2, 0.25) is 0 Å². The van der Waals surface area contributed by atoms with Crippen LogP contribution in [0.3, 0.4) is 0 Å². The lowest BCUT2D eigenvalue weighted by Crippen LogP contribution is -2.28. The molecule has 242 valence electrons. The van der Waals surface area contributed by atoms with E-state index < -0.39 is 27.9 Å². The van der Waals surface area contributed by atoms with Crippen LogP contribution in [0, 0.1) is 0 Å². The van der Waals surface area contributed by atoms with Crippen molar-refractivity contribution in [1.29, 1.82) is 0 Å². The minimum absolute atomic E-state index is 0.114. The number of hydrogen-bond acceptors (Lipinski definition) is 10. The molecule has 0 N–H and O–H groups in total. The molecule has 1 aliphatic rings. The highest BCUT2D eigenvalue weighted by molar-refractivity contribution is 5.96. The maximum atomic E-state index is 12.3. The van der Waals surface area contributed by atoms with Gasteiger partial charge < -0.3 is 26.5 Å². The molecule has 0 saturated carbocycles. The molecular weight excluding hydrogens is 652 g/mol. The maximum absolute atomic E-state index is 12.3. The van der Waals surface area contributed by atoms with E-state index in [0.29, 0.717) is 33.5 Å². The Labute approximate surface area is 282 Å². The first-order valence-corrected chi connectivity index (χ1v) is 16.0. The summed E-state index contributed by atoms with van der Waals surface area (Å²) < 4.78 is 34.7. The molecule has 10 heteroatoms. The molecule has 0 atom stereocenters. The van der Waals surface area contributed by atoms with Crippen LogP contribution >= 0.6 is 0 Å². The minimum atomic E-state index is -0.882. The van der Waals surface area contributed by atoms with Crippen molar-refractivity contribution in [2.45, 2.75) is 5.41 Å². The number of hydrogen-bond donors (Lipinski definition) is 0. The second-order valence-electron chi connectivity index (χ2n) is 12.6. The van der Waals surface area contributed by atoms with Gasteiger partial charge in [0.1, 0.15) is 0 Å². The second-order valence-corrected chi connectivity index (χ2v) is 12.6. The van der Waals surface area contributed by atoms with Crippen molar-refractivity contribution in [2.75, 3.05) is 0 Å². The average molecular weight is 671 g/mol. The zero-order valence-corrected chi connectivity index (χ0v) is 26.0. The Morgan fingerprint density at radius 1 is 0.333 bits per heavy atom. The lowest BCUT2D eigenvalue weighted by Gasteiger charge is -2.33. The highest BCUT2D eigenvalue weighted by atomic mass is 16.4. The Bertz CT molecular complexity index is 3190. The fourth-order valence-electron chi connectivity index (χ4n) is 7.81. The van der Waals surface area contributed by atoms with E-state index >= 15 is 0 Å². The van der Waals surface area contributed by atoms with Gasteiger partial charge in [-0.25, -0.2) is 19.2 Å². The Hall–Kier alpha value is -7.20.